The van der Waals surface area contributed by atoms with Gasteiger partial charge in [0.15, 0.2) is 0 Å². The minimum Gasteiger partial charge on any atom is -0.349 e. The summed E-state index contributed by atoms with van der Waals surface area (Å²) in [7, 11) is 0. The highest BCUT2D eigenvalue weighted by molar-refractivity contribution is 5.96. The molecule has 0 unspecified atom stereocenters. The average Bonchev–Trinajstić information content (AvgIpc) is 3.29. The van der Waals surface area contributed by atoms with Gasteiger partial charge in [-0.05, 0) is 49.9 Å². The number of benzene rings is 1. The standard InChI is InChI=1S/C22H26F3N5O2/c23-22(24,25)16-4-1-3-15(11-16)21(32)26-12-20(31)28-17-13-29(14-17)18-5-7-19(8-6-18)30-10-2-9-27-30/h1-4,9-11,17-19H,5-8,12-14H2,(H,26,32)(H,28,31). The second-order valence-electron chi connectivity index (χ2n) is 8.43. The van der Waals surface area contributed by atoms with Crippen LogP contribution in [0.4, 0.5) is 13.2 Å². The fourth-order valence-corrected chi connectivity index (χ4v) is 4.46. The van der Waals surface area contributed by atoms with Crippen molar-refractivity contribution >= 4 is 11.8 Å². The molecular formula is C22H26F3N5O2. The van der Waals surface area contributed by atoms with Gasteiger partial charge in [0, 0.05) is 37.1 Å². The quantitative estimate of drug-likeness (QED) is 0.711. The van der Waals surface area contributed by atoms with Gasteiger partial charge in [0.25, 0.3) is 5.91 Å². The molecule has 10 heteroatoms. The van der Waals surface area contributed by atoms with Crippen LogP contribution in [-0.2, 0) is 11.0 Å². The fourth-order valence-electron chi connectivity index (χ4n) is 4.46. The van der Waals surface area contributed by atoms with Gasteiger partial charge < -0.3 is 10.6 Å². The van der Waals surface area contributed by atoms with Crippen molar-refractivity contribution in [1.82, 2.24) is 25.3 Å². The molecule has 0 bridgehead atoms. The van der Waals surface area contributed by atoms with Crippen LogP contribution in [0, 0.1) is 0 Å². The van der Waals surface area contributed by atoms with Crippen molar-refractivity contribution in [1.29, 1.82) is 0 Å². The van der Waals surface area contributed by atoms with Crippen LogP contribution in [0.3, 0.4) is 0 Å². The molecule has 1 aromatic heterocycles. The number of rotatable bonds is 6. The lowest BCUT2D eigenvalue weighted by Gasteiger charge is -2.46. The number of amides is 2. The van der Waals surface area contributed by atoms with Crippen LogP contribution in [0.15, 0.2) is 42.7 Å². The molecular weight excluding hydrogens is 423 g/mol. The normalized spacial score (nSPS) is 22.2. The Balaban J connectivity index is 1.15. The maximum Gasteiger partial charge on any atom is 0.416 e. The van der Waals surface area contributed by atoms with Crippen LogP contribution in [0.2, 0.25) is 0 Å². The Kier molecular flexibility index (Phi) is 6.50. The van der Waals surface area contributed by atoms with Gasteiger partial charge in [0.05, 0.1) is 24.2 Å². The number of carbonyl (C=O) groups excluding carboxylic acids is 2. The number of nitrogens with zero attached hydrogens (tertiary/aromatic N) is 3. The first-order valence-corrected chi connectivity index (χ1v) is 10.8. The first-order valence-electron chi connectivity index (χ1n) is 10.8. The third-order valence-corrected chi connectivity index (χ3v) is 6.22. The topological polar surface area (TPSA) is 79.3 Å². The molecule has 1 aliphatic heterocycles. The number of likely N-dealkylation sites (tertiary alicyclic amines) is 1. The van der Waals surface area contributed by atoms with E-state index in [4.69, 9.17) is 0 Å². The molecule has 172 valence electrons. The SMILES string of the molecule is O=C(CNC(=O)c1cccc(C(F)(F)F)c1)NC1CN(C2CCC(n3cccn3)CC2)C1. The van der Waals surface area contributed by atoms with Gasteiger partial charge in [0.1, 0.15) is 0 Å². The Bertz CT molecular complexity index is 933. The van der Waals surface area contributed by atoms with Crippen LogP contribution in [0.25, 0.3) is 0 Å². The molecule has 2 aliphatic rings. The van der Waals surface area contributed by atoms with Crippen molar-refractivity contribution in [2.24, 2.45) is 0 Å². The molecule has 2 N–H and O–H groups in total. The highest BCUT2D eigenvalue weighted by atomic mass is 19.4. The number of halogens is 3. The van der Waals surface area contributed by atoms with Gasteiger partial charge in [0.2, 0.25) is 5.91 Å². The van der Waals surface area contributed by atoms with Crippen LogP contribution >= 0.6 is 0 Å². The van der Waals surface area contributed by atoms with Crippen LogP contribution in [-0.4, -0.2) is 58.2 Å². The summed E-state index contributed by atoms with van der Waals surface area (Å²) in [5.74, 6) is -1.06. The van der Waals surface area contributed by atoms with E-state index in [1.54, 1.807) is 6.20 Å². The van der Waals surface area contributed by atoms with Crippen molar-refractivity contribution in [3.63, 3.8) is 0 Å². The first kappa shape index (κ1) is 22.3. The summed E-state index contributed by atoms with van der Waals surface area (Å²) >= 11 is 0. The van der Waals surface area contributed by atoms with Gasteiger partial charge >= 0.3 is 6.18 Å². The lowest BCUT2D eigenvalue weighted by molar-refractivity contribution is -0.137. The number of hydrogen-bond acceptors (Lipinski definition) is 4. The van der Waals surface area contributed by atoms with E-state index in [1.165, 1.54) is 12.1 Å². The molecule has 7 nitrogen and oxygen atoms in total. The summed E-state index contributed by atoms with van der Waals surface area (Å²) in [5.41, 5.74) is -1.03. The second kappa shape index (κ2) is 9.32. The molecule has 2 amide bonds. The zero-order valence-electron chi connectivity index (χ0n) is 17.5. The molecule has 2 heterocycles. The van der Waals surface area contributed by atoms with Gasteiger partial charge in [-0.2, -0.15) is 18.3 Å². The molecule has 32 heavy (non-hydrogen) atoms. The van der Waals surface area contributed by atoms with Crippen LogP contribution in [0.5, 0.6) is 0 Å². The predicted octanol–water partition coefficient (Wildman–Crippen LogP) is 2.62. The average molecular weight is 449 g/mol. The van der Waals surface area contributed by atoms with E-state index >= 15 is 0 Å². The first-order chi connectivity index (χ1) is 15.3. The van der Waals surface area contributed by atoms with Crippen molar-refractivity contribution in [2.45, 2.75) is 50.0 Å². The van der Waals surface area contributed by atoms with Crippen molar-refractivity contribution in [2.75, 3.05) is 19.6 Å². The van der Waals surface area contributed by atoms with E-state index in [-0.39, 0.29) is 24.1 Å². The number of aromatic nitrogens is 2. The minimum absolute atomic E-state index is 0.0248. The molecule has 2 aromatic rings. The van der Waals surface area contributed by atoms with Gasteiger partial charge in [-0.25, -0.2) is 0 Å². The number of carbonyl (C=O) groups is 2. The Hall–Kier alpha value is -2.88. The van der Waals surface area contributed by atoms with Gasteiger partial charge in [-0.3, -0.25) is 19.2 Å². The van der Waals surface area contributed by atoms with E-state index in [2.05, 4.69) is 20.6 Å². The van der Waals surface area contributed by atoms with E-state index in [0.717, 1.165) is 50.9 Å². The van der Waals surface area contributed by atoms with E-state index in [1.807, 2.05) is 16.9 Å². The number of nitrogens with one attached hydrogen (secondary N) is 2. The number of alkyl halides is 3. The summed E-state index contributed by atoms with van der Waals surface area (Å²) < 4.78 is 40.4. The summed E-state index contributed by atoms with van der Waals surface area (Å²) in [5, 5.41) is 9.58. The Morgan fingerprint density at radius 2 is 1.78 bits per heavy atom. The highest BCUT2D eigenvalue weighted by Crippen LogP contribution is 2.32. The molecule has 1 saturated carbocycles. The second-order valence-corrected chi connectivity index (χ2v) is 8.43. The maximum absolute atomic E-state index is 12.8. The zero-order chi connectivity index (χ0) is 22.7. The summed E-state index contributed by atoms with van der Waals surface area (Å²) in [6, 6.07) is 7.06. The van der Waals surface area contributed by atoms with Crippen molar-refractivity contribution in [3.8, 4) is 0 Å². The van der Waals surface area contributed by atoms with E-state index in [9.17, 15) is 22.8 Å². The number of hydrogen-bond donors (Lipinski definition) is 2. The monoisotopic (exact) mass is 449 g/mol. The largest absolute Gasteiger partial charge is 0.416 e. The van der Waals surface area contributed by atoms with Crippen LogP contribution < -0.4 is 10.6 Å². The summed E-state index contributed by atoms with van der Waals surface area (Å²) in [6.45, 7) is 1.26. The Morgan fingerprint density at radius 3 is 2.44 bits per heavy atom. The Morgan fingerprint density at radius 1 is 1.06 bits per heavy atom. The predicted molar refractivity (Wildman–Crippen MR) is 111 cm³/mol. The lowest BCUT2D eigenvalue weighted by atomic mass is 9.88. The van der Waals surface area contributed by atoms with Crippen LogP contribution in [0.1, 0.15) is 47.6 Å². The summed E-state index contributed by atoms with van der Waals surface area (Å²) in [4.78, 5) is 26.6. The molecule has 0 radical (unpaired) electrons. The van der Waals surface area contributed by atoms with Crippen molar-refractivity contribution < 1.29 is 22.8 Å². The molecule has 1 aliphatic carbocycles. The Labute approximate surface area is 184 Å². The minimum atomic E-state index is -4.53. The molecule has 0 atom stereocenters. The summed E-state index contributed by atoms with van der Waals surface area (Å²) in [6.07, 6.45) is 3.64. The van der Waals surface area contributed by atoms with Gasteiger partial charge in [-0.1, -0.05) is 6.07 Å². The zero-order valence-corrected chi connectivity index (χ0v) is 17.5. The fraction of sp³-hybridized carbons (Fsp3) is 0.500. The molecule has 4 rings (SSSR count). The third kappa shape index (κ3) is 5.29. The molecule has 2 fully saturated rings. The third-order valence-electron chi connectivity index (χ3n) is 6.22. The van der Waals surface area contributed by atoms with E-state index in [0.29, 0.717) is 12.1 Å². The molecule has 1 aromatic carbocycles. The highest BCUT2D eigenvalue weighted by Gasteiger charge is 2.35. The lowest BCUT2D eigenvalue weighted by Crippen LogP contribution is -2.63. The van der Waals surface area contributed by atoms with Crippen molar-refractivity contribution in [3.05, 3.63) is 53.9 Å². The van der Waals surface area contributed by atoms with E-state index < -0.39 is 17.6 Å². The maximum atomic E-state index is 12.8. The van der Waals surface area contributed by atoms with Gasteiger partial charge in [-0.15, -0.1) is 0 Å². The molecule has 1 saturated heterocycles. The smallest absolute Gasteiger partial charge is 0.349 e. The molecule has 0 spiro atoms.